The minimum atomic E-state index is -0.382. The number of hydrogen-bond donors (Lipinski definition) is 3. The second-order valence-electron chi connectivity index (χ2n) is 7.89. The zero-order valence-electron chi connectivity index (χ0n) is 19.0. The number of carbonyl (C=O) groups is 1. The molecule has 0 radical (unpaired) electrons. The Morgan fingerprint density at radius 1 is 1.11 bits per heavy atom. The monoisotopic (exact) mass is 524 g/mol. The van der Waals surface area contributed by atoms with Gasteiger partial charge in [-0.25, -0.2) is 0 Å². The SMILES string of the molecule is Cc1n[nH]c(C)c1Cc1ccc(NC(=S)NC(=O)/C=C/c2ccc(-c3ccc(Cl)cc3Cl)o2)cc1. The van der Waals surface area contributed by atoms with Crippen LogP contribution in [0.4, 0.5) is 5.69 Å². The maximum absolute atomic E-state index is 12.3. The Labute approximate surface area is 218 Å². The molecule has 2 aromatic carbocycles. The van der Waals surface area contributed by atoms with E-state index in [1.54, 1.807) is 36.4 Å². The van der Waals surface area contributed by atoms with E-state index < -0.39 is 0 Å². The maximum atomic E-state index is 12.3. The van der Waals surface area contributed by atoms with Crippen LogP contribution >= 0.6 is 35.4 Å². The number of carbonyl (C=O) groups excluding carboxylic acids is 1. The number of rotatable bonds is 6. The van der Waals surface area contributed by atoms with Gasteiger partial charge in [0.15, 0.2) is 5.11 Å². The Morgan fingerprint density at radius 2 is 1.89 bits per heavy atom. The number of nitrogens with one attached hydrogen (secondary N) is 3. The van der Waals surface area contributed by atoms with Crippen molar-refractivity contribution in [1.29, 1.82) is 0 Å². The average molecular weight is 525 g/mol. The number of aromatic amines is 1. The van der Waals surface area contributed by atoms with Crippen molar-refractivity contribution in [3.63, 3.8) is 0 Å². The number of amides is 1. The zero-order valence-corrected chi connectivity index (χ0v) is 21.3. The lowest BCUT2D eigenvalue weighted by atomic mass is 10.0. The Hall–Kier alpha value is -3.39. The molecular formula is C26H22Cl2N4O2S. The zero-order chi connectivity index (χ0) is 24.9. The summed E-state index contributed by atoms with van der Waals surface area (Å²) in [4.78, 5) is 12.3. The summed E-state index contributed by atoms with van der Waals surface area (Å²) in [6.45, 7) is 4.01. The molecule has 0 saturated heterocycles. The number of nitrogens with zero attached hydrogens (tertiary/aromatic N) is 1. The van der Waals surface area contributed by atoms with Crippen molar-refractivity contribution in [2.45, 2.75) is 20.3 Å². The third-order valence-electron chi connectivity index (χ3n) is 5.33. The summed E-state index contributed by atoms with van der Waals surface area (Å²) in [6.07, 6.45) is 3.69. The predicted octanol–water partition coefficient (Wildman–Crippen LogP) is 6.71. The van der Waals surface area contributed by atoms with Gasteiger partial charge >= 0.3 is 0 Å². The van der Waals surface area contributed by atoms with Crippen LogP contribution in [0.1, 0.15) is 28.3 Å². The number of benzene rings is 2. The average Bonchev–Trinajstić information content (AvgIpc) is 3.41. The normalized spacial score (nSPS) is 11.1. The van der Waals surface area contributed by atoms with E-state index in [4.69, 9.17) is 39.8 Å². The van der Waals surface area contributed by atoms with Crippen LogP contribution in [0, 0.1) is 13.8 Å². The largest absolute Gasteiger partial charge is 0.457 e. The highest BCUT2D eigenvalue weighted by atomic mass is 35.5. The molecule has 0 fully saturated rings. The smallest absolute Gasteiger partial charge is 0.250 e. The minimum Gasteiger partial charge on any atom is -0.457 e. The van der Waals surface area contributed by atoms with Gasteiger partial charge in [-0.1, -0.05) is 35.3 Å². The van der Waals surface area contributed by atoms with E-state index in [0.29, 0.717) is 27.1 Å². The molecular weight excluding hydrogens is 503 g/mol. The van der Waals surface area contributed by atoms with Crippen LogP contribution in [0.2, 0.25) is 10.0 Å². The maximum Gasteiger partial charge on any atom is 0.250 e. The second-order valence-corrected chi connectivity index (χ2v) is 9.14. The van der Waals surface area contributed by atoms with Crippen molar-refractivity contribution in [3.8, 4) is 11.3 Å². The van der Waals surface area contributed by atoms with Crippen LogP contribution in [0.15, 0.2) is 65.1 Å². The molecule has 2 heterocycles. The first-order valence-electron chi connectivity index (χ1n) is 10.7. The highest BCUT2D eigenvalue weighted by Gasteiger charge is 2.10. The molecule has 0 aliphatic carbocycles. The van der Waals surface area contributed by atoms with Crippen molar-refractivity contribution in [2.75, 3.05) is 5.32 Å². The van der Waals surface area contributed by atoms with E-state index in [2.05, 4.69) is 20.8 Å². The first kappa shape index (κ1) is 24.7. The van der Waals surface area contributed by atoms with Crippen LogP contribution in [-0.2, 0) is 11.2 Å². The summed E-state index contributed by atoms with van der Waals surface area (Å²) in [7, 11) is 0. The number of hydrogen-bond acceptors (Lipinski definition) is 4. The number of halogens is 2. The molecule has 4 aromatic rings. The van der Waals surface area contributed by atoms with Crippen molar-refractivity contribution in [1.82, 2.24) is 15.5 Å². The summed E-state index contributed by atoms with van der Waals surface area (Å²) in [5.74, 6) is 0.691. The second kappa shape index (κ2) is 10.9. The molecule has 0 atom stereocenters. The molecule has 0 spiro atoms. The molecule has 0 aliphatic rings. The lowest BCUT2D eigenvalue weighted by molar-refractivity contribution is -0.115. The first-order chi connectivity index (χ1) is 16.8. The number of anilines is 1. The van der Waals surface area contributed by atoms with Crippen molar-refractivity contribution < 1.29 is 9.21 Å². The number of H-pyrrole nitrogens is 1. The highest BCUT2D eigenvalue weighted by molar-refractivity contribution is 7.80. The molecule has 6 nitrogen and oxygen atoms in total. The van der Waals surface area contributed by atoms with E-state index in [0.717, 1.165) is 29.1 Å². The molecule has 178 valence electrons. The topological polar surface area (TPSA) is 83.0 Å². The number of furan rings is 1. The van der Waals surface area contributed by atoms with Crippen LogP contribution < -0.4 is 10.6 Å². The van der Waals surface area contributed by atoms with Gasteiger partial charge in [0.05, 0.1) is 10.7 Å². The van der Waals surface area contributed by atoms with Gasteiger partial charge in [0.25, 0.3) is 0 Å². The van der Waals surface area contributed by atoms with Gasteiger partial charge in [0.2, 0.25) is 5.91 Å². The van der Waals surface area contributed by atoms with E-state index in [1.807, 2.05) is 38.1 Å². The Morgan fingerprint density at radius 3 is 2.57 bits per heavy atom. The van der Waals surface area contributed by atoms with Crippen LogP contribution in [0.3, 0.4) is 0 Å². The summed E-state index contributed by atoms with van der Waals surface area (Å²) in [5, 5.41) is 14.1. The van der Waals surface area contributed by atoms with Crippen LogP contribution in [0.25, 0.3) is 17.4 Å². The molecule has 0 saturated carbocycles. The highest BCUT2D eigenvalue weighted by Crippen LogP contribution is 2.31. The quantitative estimate of drug-likeness (QED) is 0.193. The third-order valence-corrected chi connectivity index (χ3v) is 6.08. The van der Waals surface area contributed by atoms with Gasteiger partial charge in [-0.3, -0.25) is 15.2 Å². The van der Waals surface area contributed by atoms with Crippen molar-refractivity contribution in [2.24, 2.45) is 0 Å². The molecule has 9 heteroatoms. The molecule has 1 amide bonds. The summed E-state index contributed by atoms with van der Waals surface area (Å²) < 4.78 is 5.76. The first-order valence-corrected chi connectivity index (χ1v) is 11.9. The molecule has 4 rings (SSSR count). The molecule has 35 heavy (non-hydrogen) atoms. The van der Waals surface area contributed by atoms with E-state index >= 15 is 0 Å². The molecule has 0 aliphatic heterocycles. The van der Waals surface area contributed by atoms with Gasteiger partial charge in [0.1, 0.15) is 11.5 Å². The van der Waals surface area contributed by atoms with E-state index in [-0.39, 0.29) is 11.0 Å². The van der Waals surface area contributed by atoms with Gasteiger partial charge in [-0.2, -0.15) is 5.10 Å². The van der Waals surface area contributed by atoms with Crippen molar-refractivity contribution in [3.05, 3.63) is 99.0 Å². The molecule has 0 unspecified atom stereocenters. The fourth-order valence-electron chi connectivity index (χ4n) is 3.49. The van der Waals surface area contributed by atoms with Gasteiger partial charge in [0, 0.05) is 40.0 Å². The fourth-order valence-corrected chi connectivity index (χ4v) is 4.21. The Kier molecular flexibility index (Phi) is 7.70. The van der Waals surface area contributed by atoms with Gasteiger partial charge in [-0.05, 0) is 80.2 Å². The van der Waals surface area contributed by atoms with Crippen molar-refractivity contribution >= 4 is 58.2 Å². The van der Waals surface area contributed by atoms with Gasteiger partial charge in [-0.15, -0.1) is 0 Å². The number of aromatic nitrogens is 2. The number of aryl methyl sites for hydroxylation is 2. The fraction of sp³-hybridized carbons (Fsp3) is 0.115. The standard InChI is InChI=1S/C26H22Cl2N4O2S/c1-15-22(16(2)32-31-15)13-17-3-6-19(7-4-17)29-26(35)30-25(33)12-9-20-8-11-24(34-20)21-10-5-18(27)14-23(21)28/h3-12,14H,13H2,1-2H3,(H,31,32)(H2,29,30,33,35)/b12-9+. The Bertz CT molecular complexity index is 1390. The summed E-state index contributed by atoms with van der Waals surface area (Å²) >= 11 is 17.4. The van der Waals surface area contributed by atoms with Gasteiger partial charge < -0.3 is 9.73 Å². The molecule has 0 bridgehead atoms. The summed E-state index contributed by atoms with van der Waals surface area (Å²) in [6, 6.07) is 16.5. The van der Waals surface area contributed by atoms with Crippen LogP contribution in [-0.4, -0.2) is 21.2 Å². The predicted molar refractivity (Wildman–Crippen MR) is 145 cm³/mol. The third kappa shape index (κ3) is 6.39. The van der Waals surface area contributed by atoms with Crippen LogP contribution in [0.5, 0.6) is 0 Å². The summed E-state index contributed by atoms with van der Waals surface area (Å²) in [5.41, 5.74) is 5.91. The van der Waals surface area contributed by atoms with E-state index in [9.17, 15) is 4.79 Å². The number of thiocarbonyl (C=S) groups is 1. The lowest BCUT2D eigenvalue weighted by Gasteiger charge is -2.09. The minimum absolute atomic E-state index is 0.196. The lowest BCUT2D eigenvalue weighted by Crippen LogP contribution is -2.32. The molecule has 3 N–H and O–H groups in total. The van der Waals surface area contributed by atoms with E-state index in [1.165, 1.54) is 11.6 Å². The molecule has 2 aromatic heterocycles. The Balaban J connectivity index is 1.30.